The van der Waals surface area contributed by atoms with Crippen molar-refractivity contribution < 1.29 is 0 Å². The van der Waals surface area contributed by atoms with E-state index in [-0.39, 0.29) is 0 Å². The van der Waals surface area contributed by atoms with Crippen LogP contribution in [0, 0.1) is 0 Å². The second-order valence-electron chi connectivity index (χ2n) is 4.74. The Balaban J connectivity index is 1.91. The number of nitrogens with two attached hydrogens (primary N) is 1. The highest BCUT2D eigenvalue weighted by molar-refractivity contribution is 6.35. The van der Waals surface area contributed by atoms with Crippen LogP contribution < -0.4 is 5.73 Å². The van der Waals surface area contributed by atoms with E-state index in [1.807, 2.05) is 28.8 Å². The Labute approximate surface area is 137 Å². The maximum atomic E-state index is 6.19. The van der Waals surface area contributed by atoms with E-state index in [1.165, 1.54) is 0 Å². The molecule has 0 aliphatic carbocycles. The van der Waals surface area contributed by atoms with E-state index in [9.17, 15) is 0 Å². The molecule has 0 saturated carbocycles. The smallest absolute Gasteiger partial charge is 0.201 e. The average molecular weight is 341 g/mol. The molecule has 21 heavy (non-hydrogen) atoms. The fourth-order valence-corrected chi connectivity index (χ4v) is 2.98. The summed E-state index contributed by atoms with van der Waals surface area (Å²) in [7, 11) is 0. The molecule has 0 fully saturated rings. The average Bonchev–Trinajstić information content (AvgIpc) is 2.73. The summed E-state index contributed by atoms with van der Waals surface area (Å²) >= 11 is 18.1. The third kappa shape index (κ3) is 2.95. The monoisotopic (exact) mass is 339 g/mol. The van der Waals surface area contributed by atoms with Gasteiger partial charge in [-0.2, -0.15) is 0 Å². The highest BCUT2D eigenvalue weighted by atomic mass is 35.5. The van der Waals surface area contributed by atoms with Crippen LogP contribution in [0.25, 0.3) is 11.0 Å². The molecule has 0 atom stereocenters. The number of aromatic nitrogens is 2. The number of aryl methyl sites for hydroxylation is 2. The normalized spacial score (nSPS) is 11.2. The first kappa shape index (κ1) is 14.5. The van der Waals surface area contributed by atoms with E-state index in [2.05, 4.69) is 4.98 Å². The van der Waals surface area contributed by atoms with Crippen molar-refractivity contribution in [3.8, 4) is 0 Å². The molecule has 3 aromatic rings. The highest BCUT2D eigenvalue weighted by Gasteiger charge is 2.09. The molecule has 2 N–H and O–H groups in total. The summed E-state index contributed by atoms with van der Waals surface area (Å²) in [5, 5.41) is 1.94. The zero-order chi connectivity index (χ0) is 15.0. The Morgan fingerprint density at radius 3 is 2.48 bits per heavy atom. The topological polar surface area (TPSA) is 43.8 Å². The molecule has 1 aromatic heterocycles. The summed E-state index contributed by atoms with van der Waals surface area (Å²) in [5.74, 6) is 0.470. The number of nitrogens with zero attached hydrogens (tertiary/aromatic N) is 2. The van der Waals surface area contributed by atoms with Crippen molar-refractivity contribution in [2.75, 3.05) is 5.73 Å². The van der Waals surface area contributed by atoms with Crippen LogP contribution in [0.4, 0.5) is 5.95 Å². The van der Waals surface area contributed by atoms with Crippen LogP contribution in [0.5, 0.6) is 0 Å². The lowest BCUT2D eigenvalue weighted by molar-refractivity contribution is 0.726. The van der Waals surface area contributed by atoms with E-state index in [0.29, 0.717) is 27.6 Å². The molecule has 0 bridgehead atoms. The van der Waals surface area contributed by atoms with Crippen molar-refractivity contribution in [1.82, 2.24) is 9.55 Å². The van der Waals surface area contributed by atoms with E-state index < -0.39 is 0 Å². The third-order valence-corrected chi connectivity index (χ3v) is 4.18. The van der Waals surface area contributed by atoms with E-state index in [0.717, 1.165) is 23.0 Å². The predicted octanol–water partition coefficient (Wildman–Crippen LogP) is 4.82. The molecular weight excluding hydrogens is 329 g/mol. The fourth-order valence-electron chi connectivity index (χ4n) is 2.31. The highest BCUT2D eigenvalue weighted by Crippen LogP contribution is 2.25. The SMILES string of the molecule is Nc1nc2ccc(Cl)cc2n1CCc1ccc(Cl)cc1Cl. The minimum atomic E-state index is 0.470. The lowest BCUT2D eigenvalue weighted by Crippen LogP contribution is -2.06. The molecule has 1 heterocycles. The van der Waals surface area contributed by atoms with Gasteiger partial charge in [0.15, 0.2) is 0 Å². The van der Waals surface area contributed by atoms with Gasteiger partial charge in [0.2, 0.25) is 5.95 Å². The Morgan fingerprint density at radius 1 is 1.00 bits per heavy atom. The molecule has 0 radical (unpaired) electrons. The first-order chi connectivity index (χ1) is 10.0. The van der Waals surface area contributed by atoms with Gasteiger partial charge in [-0.3, -0.25) is 0 Å². The molecule has 0 saturated heterocycles. The molecule has 0 unspecified atom stereocenters. The summed E-state index contributed by atoms with van der Waals surface area (Å²) in [6.07, 6.45) is 0.734. The first-order valence-corrected chi connectivity index (χ1v) is 7.53. The first-order valence-electron chi connectivity index (χ1n) is 6.40. The van der Waals surface area contributed by atoms with Crippen LogP contribution in [0.1, 0.15) is 5.56 Å². The number of nitrogen functional groups attached to an aromatic ring is 1. The van der Waals surface area contributed by atoms with Crippen molar-refractivity contribution in [3.05, 3.63) is 57.0 Å². The maximum Gasteiger partial charge on any atom is 0.201 e. The summed E-state index contributed by atoms with van der Waals surface area (Å²) in [6, 6.07) is 11.0. The molecule has 0 amide bonds. The summed E-state index contributed by atoms with van der Waals surface area (Å²) < 4.78 is 1.94. The maximum absolute atomic E-state index is 6.19. The van der Waals surface area contributed by atoms with Crippen LogP contribution in [-0.4, -0.2) is 9.55 Å². The Hall–Kier alpha value is -1.42. The number of rotatable bonds is 3. The Kier molecular flexibility index (Phi) is 3.98. The number of imidazole rings is 1. The van der Waals surface area contributed by atoms with Gasteiger partial charge in [0, 0.05) is 21.6 Å². The molecule has 0 aliphatic rings. The fraction of sp³-hybridized carbons (Fsp3) is 0.133. The second-order valence-corrected chi connectivity index (χ2v) is 6.02. The zero-order valence-electron chi connectivity index (χ0n) is 11.0. The summed E-state index contributed by atoms with van der Waals surface area (Å²) in [4.78, 5) is 4.33. The number of benzene rings is 2. The summed E-state index contributed by atoms with van der Waals surface area (Å²) in [5.41, 5.74) is 8.76. The number of anilines is 1. The summed E-state index contributed by atoms with van der Waals surface area (Å²) in [6.45, 7) is 0.671. The molecule has 6 heteroatoms. The van der Waals surface area contributed by atoms with E-state index >= 15 is 0 Å². The molecule has 108 valence electrons. The van der Waals surface area contributed by atoms with E-state index in [1.54, 1.807) is 12.1 Å². The standard InChI is InChI=1S/C15H12Cl3N3/c16-10-2-1-9(12(18)7-10)5-6-21-14-8-11(17)3-4-13(14)20-15(21)19/h1-4,7-8H,5-6H2,(H2,19,20). The van der Waals surface area contributed by atoms with Gasteiger partial charge >= 0.3 is 0 Å². The molecule has 0 spiro atoms. The van der Waals surface area contributed by atoms with Crippen LogP contribution in [-0.2, 0) is 13.0 Å². The van der Waals surface area contributed by atoms with Gasteiger partial charge in [0.25, 0.3) is 0 Å². The van der Waals surface area contributed by atoms with Crippen molar-refractivity contribution in [1.29, 1.82) is 0 Å². The lowest BCUT2D eigenvalue weighted by atomic mass is 10.1. The van der Waals surface area contributed by atoms with Crippen LogP contribution >= 0.6 is 34.8 Å². The number of halogens is 3. The van der Waals surface area contributed by atoms with Crippen molar-refractivity contribution in [2.24, 2.45) is 0 Å². The molecular formula is C15H12Cl3N3. The minimum absolute atomic E-state index is 0.470. The Bertz CT molecular complexity index is 811. The van der Waals surface area contributed by atoms with Crippen LogP contribution in [0.2, 0.25) is 15.1 Å². The van der Waals surface area contributed by atoms with Gasteiger partial charge in [-0.05, 0) is 42.3 Å². The van der Waals surface area contributed by atoms with Crippen LogP contribution in [0.3, 0.4) is 0 Å². The second kappa shape index (κ2) is 5.76. The van der Waals surface area contributed by atoms with Gasteiger partial charge in [0.05, 0.1) is 11.0 Å². The molecule has 3 rings (SSSR count). The van der Waals surface area contributed by atoms with Crippen LogP contribution in [0.15, 0.2) is 36.4 Å². The van der Waals surface area contributed by atoms with Gasteiger partial charge in [-0.25, -0.2) is 4.98 Å². The third-order valence-electron chi connectivity index (χ3n) is 3.36. The Morgan fingerprint density at radius 2 is 1.71 bits per heavy atom. The zero-order valence-corrected chi connectivity index (χ0v) is 13.3. The van der Waals surface area contributed by atoms with Crippen molar-refractivity contribution >= 4 is 51.8 Å². The molecule has 3 nitrogen and oxygen atoms in total. The molecule has 2 aromatic carbocycles. The quantitative estimate of drug-likeness (QED) is 0.742. The van der Waals surface area contributed by atoms with Gasteiger partial charge < -0.3 is 10.3 Å². The number of hydrogen-bond acceptors (Lipinski definition) is 2. The van der Waals surface area contributed by atoms with Crippen molar-refractivity contribution in [2.45, 2.75) is 13.0 Å². The number of hydrogen-bond donors (Lipinski definition) is 1. The minimum Gasteiger partial charge on any atom is -0.369 e. The lowest BCUT2D eigenvalue weighted by Gasteiger charge is -2.08. The molecule has 0 aliphatic heterocycles. The predicted molar refractivity (Wildman–Crippen MR) is 89.3 cm³/mol. The van der Waals surface area contributed by atoms with Crippen molar-refractivity contribution in [3.63, 3.8) is 0 Å². The van der Waals surface area contributed by atoms with E-state index in [4.69, 9.17) is 40.5 Å². The largest absolute Gasteiger partial charge is 0.369 e. The van der Waals surface area contributed by atoms with Gasteiger partial charge in [-0.15, -0.1) is 0 Å². The van der Waals surface area contributed by atoms with Gasteiger partial charge in [0.1, 0.15) is 0 Å². The van der Waals surface area contributed by atoms with Gasteiger partial charge in [-0.1, -0.05) is 40.9 Å². The number of fused-ring (bicyclic) bond motifs is 1.